The van der Waals surface area contributed by atoms with E-state index in [0.29, 0.717) is 16.9 Å². The molecule has 2 aliphatic rings. The molecule has 0 spiro atoms. The van der Waals surface area contributed by atoms with Crippen LogP contribution >= 0.6 is 34.5 Å². The molecule has 2 aromatic rings. The summed E-state index contributed by atoms with van der Waals surface area (Å²) in [6, 6.07) is 8.19. The fourth-order valence-electron chi connectivity index (χ4n) is 5.10. The van der Waals surface area contributed by atoms with E-state index in [0.717, 1.165) is 37.2 Å². The van der Waals surface area contributed by atoms with Gasteiger partial charge in [0, 0.05) is 55.9 Å². The summed E-state index contributed by atoms with van der Waals surface area (Å²) in [6.07, 6.45) is 3.83. The van der Waals surface area contributed by atoms with Gasteiger partial charge in [0.15, 0.2) is 0 Å². The predicted octanol–water partition coefficient (Wildman–Crippen LogP) is 6.02. The van der Waals surface area contributed by atoms with E-state index in [2.05, 4.69) is 32.7 Å². The second kappa shape index (κ2) is 10.8. The first-order valence-electron chi connectivity index (χ1n) is 11.0. The maximum Gasteiger partial charge on any atom is 0.0465 e. The first-order chi connectivity index (χ1) is 14.6. The molecule has 4 rings (SSSR count). The van der Waals surface area contributed by atoms with Gasteiger partial charge in [0.2, 0.25) is 0 Å². The summed E-state index contributed by atoms with van der Waals surface area (Å²) in [5.41, 5.74) is 2.68. The van der Waals surface area contributed by atoms with Crippen molar-refractivity contribution in [1.82, 2.24) is 9.80 Å². The van der Waals surface area contributed by atoms with E-state index < -0.39 is 0 Å². The Balaban J connectivity index is 1.38. The summed E-state index contributed by atoms with van der Waals surface area (Å²) in [4.78, 5) is 5.28. The average Bonchev–Trinajstić information content (AvgIpc) is 3.39. The van der Waals surface area contributed by atoms with Crippen molar-refractivity contribution in [2.75, 3.05) is 46.4 Å². The number of likely N-dealkylation sites (tertiary alicyclic amines) is 2. The van der Waals surface area contributed by atoms with Crippen LogP contribution in [0, 0.1) is 11.8 Å². The van der Waals surface area contributed by atoms with Crippen molar-refractivity contribution in [2.45, 2.75) is 31.7 Å². The lowest BCUT2D eigenvalue weighted by Crippen LogP contribution is -2.39. The normalized spacial score (nSPS) is 24.0. The van der Waals surface area contributed by atoms with Crippen LogP contribution < -0.4 is 0 Å². The third kappa shape index (κ3) is 5.79. The molecule has 2 saturated heterocycles. The van der Waals surface area contributed by atoms with Crippen LogP contribution in [0.15, 0.2) is 35.0 Å². The Bertz CT molecular complexity index is 793. The van der Waals surface area contributed by atoms with Gasteiger partial charge in [-0.25, -0.2) is 0 Å². The number of nitrogens with zero attached hydrogens (tertiary/aromatic N) is 2. The van der Waals surface area contributed by atoms with Gasteiger partial charge < -0.3 is 9.64 Å². The summed E-state index contributed by atoms with van der Waals surface area (Å²) in [6.45, 7) is 7.67. The van der Waals surface area contributed by atoms with Crippen molar-refractivity contribution < 1.29 is 4.74 Å². The van der Waals surface area contributed by atoms with Crippen LogP contribution in [0.3, 0.4) is 0 Å². The molecule has 0 radical (unpaired) electrons. The smallest absolute Gasteiger partial charge is 0.0465 e. The van der Waals surface area contributed by atoms with Crippen LogP contribution in [-0.2, 0) is 11.3 Å². The Morgan fingerprint density at radius 2 is 1.93 bits per heavy atom. The molecular weight excluding hydrogens is 435 g/mol. The minimum absolute atomic E-state index is 0.605. The Hall–Kier alpha value is -0.620. The Labute approximate surface area is 194 Å². The van der Waals surface area contributed by atoms with Gasteiger partial charge in [-0.15, -0.1) is 0 Å². The highest BCUT2D eigenvalue weighted by atomic mass is 35.5. The van der Waals surface area contributed by atoms with E-state index in [1.807, 2.05) is 30.6 Å². The van der Waals surface area contributed by atoms with Crippen molar-refractivity contribution >= 4 is 34.5 Å². The van der Waals surface area contributed by atoms with Crippen molar-refractivity contribution in [3.05, 3.63) is 56.2 Å². The first-order valence-corrected chi connectivity index (χ1v) is 12.7. The Morgan fingerprint density at radius 1 is 1.10 bits per heavy atom. The standard InChI is InChI=1S/C24H32Cl2N2OS/c1-29-10-6-18-4-8-27(9-5-18)14-21-15-28(16-23(21)20-7-11-30-17-20)13-19-2-3-22(25)12-24(19)26/h2-3,7,11-12,17-18,21,23H,4-6,8-10,13-16H2,1H3. The molecule has 0 bridgehead atoms. The summed E-state index contributed by atoms with van der Waals surface area (Å²) >= 11 is 14.4. The van der Waals surface area contributed by atoms with Gasteiger partial charge in [0.1, 0.15) is 0 Å². The van der Waals surface area contributed by atoms with Gasteiger partial charge >= 0.3 is 0 Å². The lowest BCUT2D eigenvalue weighted by Gasteiger charge is -2.34. The molecule has 0 N–H and O–H groups in total. The topological polar surface area (TPSA) is 15.7 Å². The summed E-state index contributed by atoms with van der Waals surface area (Å²) in [7, 11) is 1.81. The number of thiophene rings is 1. The third-order valence-corrected chi connectivity index (χ3v) is 8.12. The molecule has 2 atom stereocenters. The number of methoxy groups -OCH3 is 1. The summed E-state index contributed by atoms with van der Waals surface area (Å²) in [5, 5.41) is 6.03. The molecule has 30 heavy (non-hydrogen) atoms. The van der Waals surface area contributed by atoms with E-state index in [-0.39, 0.29) is 0 Å². The molecule has 6 heteroatoms. The number of rotatable bonds is 8. The van der Waals surface area contributed by atoms with Crippen LogP contribution in [0.4, 0.5) is 0 Å². The van der Waals surface area contributed by atoms with Crippen molar-refractivity contribution in [3.8, 4) is 0 Å². The van der Waals surface area contributed by atoms with E-state index >= 15 is 0 Å². The molecule has 3 heterocycles. The Morgan fingerprint density at radius 3 is 2.63 bits per heavy atom. The zero-order valence-corrected chi connectivity index (χ0v) is 20.1. The molecule has 1 aromatic carbocycles. The number of hydrogen-bond acceptors (Lipinski definition) is 4. The highest BCUT2D eigenvalue weighted by Gasteiger charge is 2.35. The molecule has 0 saturated carbocycles. The predicted molar refractivity (Wildman–Crippen MR) is 128 cm³/mol. The first kappa shape index (κ1) is 22.6. The molecular formula is C24H32Cl2N2OS. The molecule has 0 amide bonds. The number of halogens is 2. The number of benzene rings is 1. The zero-order valence-electron chi connectivity index (χ0n) is 17.7. The number of piperidine rings is 1. The molecule has 2 unspecified atom stereocenters. The second-order valence-electron chi connectivity index (χ2n) is 8.88. The minimum atomic E-state index is 0.605. The second-order valence-corrected chi connectivity index (χ2v) is 10.5. The average molecular weight is 468 g/mol. The van der Waals surface area contributed by atoms with Gasteiger partial charge in [0.05, 0.1) is 0 Å². The van der Waals surface area contributed by atoms with Gasteiger partial charge in [-0.1, -0.05) is 29.3 Å². The van der Waals surface area contributed by atoms with Gasteiger partial charge in [-0.2, -0.15) is 11.3 Å². The summed E-state index contributed by atoms with van der Waals surface area (Å²) < 4.78 is 5.28. The van der Waals surface area contributed by atoms with Crippen molar-refractivity contribution in [1.29, 1.82) is 0 Å². The fraction of sp³-hybridized carbons (Fsp3) is 0.583. The van der Waals surface area contributed by atoms with Crippen LogP contribution in [-0.4, -0.2) is 56.2 Å². The quantitative estimate of drug-likeness (QED) is 0.472. The minimum Gasteiger partial charge on any atom is -0.385 e. The van der Waals surface area contributed by atoms with E-state index in [4.69, 9.17) is 27.9 Å². The molecule has 1 aromatic heterocycles. The van der Waals surface area contributed by atoms with Crippen LogP contribution in [0.25, 0.3) is 0 Å². The van der Waals surface area contributed by atoms with Crippen LogP contribution in [0.1, 0.15) is 36.3 Å². The largest absolute Gasteiger partial charge is 0.385 e. The molecule has 164 valence electrons. The van der Waals surface area contributed by atoms with Crippen LogP contribution in [0.2, 0.25) is 10.0 Å². The SMILES string of the molecule is COCCC1CCN(CC2CN(Cc3ccc(Cl)cc3Cl)CC2c2ccsc2)CC1. The maximum atomic E-state index is 6.46. The van der Waals surface area contributed by atoms with Gasteiger partial charge in [-0.05, 0) is 84.3 Å². The molecule has 2 fully saturated rings. The molecule has 3 nitrogen and oxygen atoms in total. The lowest BCUT2D eigenvalue weighted by molar-refractivity contribution is 0.124. The third-order valence-electron chi connectivity index (χ3n) is 6.83. The van der Waals surface area contributed by atoms with E-state index in [1.54, 1.807) is 0 Å². The van der Waals surface area contributed by atoms with Crippen LogP contribution in [0.5, 0.6) is 0 Å². The van der Waals surface area contributed by atoms with Gasteiger partial charge in [-0.3, -0.25) is 4.90 Å². The van der Waals surface area contributed by atoms with Gasteiger partial charge in [0.25, 0.3) is 0 Å². The Kier molecular flexibility index (Phi) is 8.13. The van der Waals surface area contributed by atoms with E-state index in [9.17, 15) is 0 Å². The number of hydrogen-bond donors (Lipinski definition) is 0. The number of ether oxygens (including phenoxy) is 1. The lowest BCUT2D eigenvalue weighted by atomic mass is 9.88. The fourth-order valence-corrected chi connectivity index (χ4v) is 6.30. The van der Waals surface area contributed by atoms with E-state index in [1.165, 1.54) is 50.0 Å². The summed E-state index contributed by atoms with van der Waals surface area (Å²) in [5.74, 6) is 2.11. The molecule has 2 aliphatic heterocycles. The maximum absolute atomic E-state index is 6.46. The monoisotopic (exact) mass is 466 g/mol. The van der Waals surface area contributed by atoms with Crippen molar-refractivity contribution in [3.63, 3.8) is 0 Å². The van der Waals surface area contributed by atoms with Crippen molar-refractivity contribution in [2.24, 2.45) is 11.8 Å². The highest BCUT2D eigenvalue weighted by molar-refractivity contribution is 7.08. The zero-order chi connectivity index (χ0) is 20.9. The highest BCUT2D eigenvalue weighted by Crippen LogP contribution is 2.36. The molecule has 0 aliphatic carbocycles.